The molecule has 1 rings (SSSR count). The van der Waals surface area contributed by atoms with Crippen LogP contribution < -0.4 is 28.7 Å². The Bertz CT molecular complexity index is 328. The Morgan fingerprint density at radius 2 is 1.68 bits per heavy atom. The fourth-order valence-electron chi connectivity index (χ4n) is 2.17. The number of hydrogen-bond donors (Lipinski definition) is 1. The average Bonchev–Trinajstić information content (AvgIpc) is 2.73. The van der Waals surface area contributed by atoms with Gasteiger partial charge in [0, 0.05) is 0 Å². The van der Waals surface area contributed by atoms with Crippen molar-refractivity contribution in [2.45, 2.75) is 71.4 Å². The van der Waals surface area contributed by atoms with Gasteiger partial charge in [0.15, 0.2) is 11.9 Å². The van der Waals surface area contributed by atoms with Gasteiger partial charge in [-0.25, -0.2) is 0 Å². The van der Waals surface area contributed by atoms with E-state index in [-0.39, 0.29) is 30.6 Å². The maximum Gasteiger partial charge on any atom is 0.192 e. The number of aliphatic hydroxyl groups excluding tert-OH is 1. The zero-order valence-corrected chi connectivity index (χ0v) is 14.5. The molecule has 4 nitrogen and oxygen atoms in total. The zero-order valence-electron chi connectivity index (χ0n) is 12.3. The first-order chi connectivity index (χ1) is 8.77. The minimum Gasteiger partial charge on any atom is -1.00 e. The van der Waals surface area contributed by atoms with Crippen LogP contribution in [0.3, 0.4) is 0 Å². The molecule has 0 saturated heterocycles. The fourth-order valence-corrected chi connectivity index (χ4v) is 2.17. The number of unbranched alkanes of at least 4 members (excludes halogenated alkanes) is 7. The molecule has 0 amide bonds. The lowest BCUT2D eigenvalue weighted by Crippen LogP contribution is -3.00. The quantitative estimate of drug-likeness (QED) is 0.332. The second kappa shape index (κ2) is 11.6. The Morgan fingerprint density at radius 3 is 2.21 bits per heavy atom. The average molecular weight is 381 g/mol. The van der Waals surface area contributed by atoms with Gasteiger partial charge in [0.1, 0.15) is 20.2 Å². The van der Waals surface area contributed by atoms with Gasteiger partial charge < -0.3 is 29.1 Å². The van der Waals surface area contributed by atoms with E-state index >= 15 is 0 Å². The largest absolute Gasteiger partial charge is 1.00 e. The molecule has 0 unspecified atom stereocenters. The van der Waals surface area contributed by atoms with Crippen LogP contribution in [0, 0.1) is 0 Å². The summed E-state index contributed by atoms with van der Waals surface area (Å²) >= 11 is 0. The van der Waals surface area contributed by atoms with Crippen LogP contribution in [0.2, 0.25) is 0 Å². The van der Waals surface area contributed by atoms with Crippen molar-refractivity contribution in [1.82, 2.24) is 9.90 Å². The third-order valence-electron chi connectivity index (χ3n) is 3.37. The van der Waals surface area contributed by atoms with Crippen molar-refractivity contribution in [3.63, 3.8) is 0 Å². The third kappa shape index (κ3) is 7.87. The summed E-state index contributed by atoms with van der Waals surface area (Å²) in [5.74, 6) is 0. The van der Waals surface area contributed by atoms with Gasteiger partial charge in [-0.2, -0.15) is 0 Å². The van der Waals surface area contributed by atoms with Gasteiger partial charge in [0.2, 0.25) is 0 Å². The molecule has 1 aromatic rings. The first-order valence-corrected chi connectivity index (χ1v) is 7.31. The van der Waals surface area contributed by atoms with E-state index in [1.165, 1.54) is 51.4 Å². The molecule has 0 radical (unpaired) electrons. The maximum absolute atomic E-state index is 9.07. The van der Waals surface area contributed by atoms with E-state index in [9.17, 15) is 0 Å². The molecule has 0 aliphatic carbocycles. The van der Waals surface area contributed by atoms with Crippen LogP contribution in [0.15, 0.2) is 6.20 Å². The highest BCUT2D eigenvalue weighted by atomic mass is 127. The van der Waals surface area contributed by atoms with E-state index in [1.807, 2.05) is 17.9 Å². The van der Waals surface area contributed by atoms with E-state index in [0.717, 1.165) is 12.2 Å². The number of halogens is 1. The third-order valence-corrected chi connectivity index (χ3v) is 3.37. The molecular formula is C14H28IN3O. The lowest BCUT2D eigenvalue weighted by Gasteiger charge is -1.99. The highest BCUT2D eigenvalue weighted by Crippen LogP contribution is 2.08. The summed E-state index contributed by atoms with van der Waals surface area (Å²) in [4.78, 5) is 0. The fraction of sp³-hybridized carbons (Fsp3) is 0.857. The zero-order chi connectivity index (χ0) is 13.2. The summed E-state index contributed by atoms with van der Waals surface area (Å²) in [6, 6.07) is 0. The highest BCUT2D eigenvalue weighted by molar-refractivity contribution is 4.85. The topological polar surface area (TPSA) is 41.9 Å². The predicted octanol–water partition coefficient (Wildman–Crippen LogP) is -0.655. The van der Waals surface area contributed by atoms with Crippen LogP contribution in [0.4, 0.5) is 0 Å². The molecule has 0 aliphatic heterocycles. The summed E-state index contributed by atoms with van der Waals surface area (Å²) in [6.07, 6.45) is 12.6. The molecule has 0 aliphatic rings. The molecule has 1 N–H and O–H groups in total. The first kappa shape index (κ1) is 18.8. The van der Waals surface area contributed by atoms with E-state index in [0.29, 0.717) is 0 Å². The Morgan fingerprint density at radius 1 is 1.11 bits per heavy atom. The molecule has 1 aromatic heterocycles. The van der Waals surface area contributed by atoms with Crippen molar-refractivity contribution in [3.8, 4) is 0 Å². The van der Waals surface area contributed by atoms with Gasteiger partial charge in [0.05, 0.1) is 5.21 Å². The summed E-state index contributed by atoms with van der Waals surface area (Å²) in [6.45, 7) is 3.28. The second-order valence-electron chi connectivity index (χ2n) is 5.03. The normalized spacial score (nSPS) is 10.5. The lowest BCUT2D eigenvalue weighted by atomic mass is 10.1. The number of aromatic nitrogens is 3. The highest BCUT2D eigenvalue weighted by Gasteiger charge is 2.10. The first-order valence-electron chi connectivity index (χ1n) is 7.31. The van der Waals surface area contributed by atoms with Crippen molar-refractivity contribution >= 4 is 0 Å². The van der Waals surface area contributed by atoms with E-state index < -0.39 is 0 Å². The Kier molecular flexibility index (Phi) is 11.5. The molecule has 0 aromatic carbocycles. The smallest absolute Gasteiger partial charge is 0.192 e. The van der Waals surface area contributed by atoms with Crippen molar-refractivity contribution < 1.29 is 33.8 Å². The van der Waals surface area contributed by atoms with Gasteiger partial charge in [0.25, 0.3) is 0 Å². The van der Waals surface area contributed by atoms with Crippen LogP contribution in [0.25, 0.3) is 0 Å². The molecule has 112 valence electrons. The van der Waals surface area contributed by atoms with Gasteiger partial charge in [-0.15, -0.1) is 9.36 Å². The van der Waals surface area contributed by atoms with Gasteiger partial charge in [-0.1, -0.05) is 45.4 Å². The number of aliphatic hydroxyl groups is 1. The monoisotopic (exact) mass is 381 g/mol. The molecule has 0 spiro atoms. The number of hydrogen-bond acceptors (Lipinski definition) is 2. The Hall–Kier alpha value is -0.170. The second-order valence-corrected chi connectivity index (χ2v) is 5.03. The summed E-state index contributed by atoms with van der Waals surface area (Å²) in [5.41, 5.74) is 0.870. The SMILES string of the molecule is CCCCCCCCCC[n+]1cc(CO)n(C)n1.[I-]. The van der Waals surface area contributed by atoms with Crippen molar-refractivity contribution in [1.29, 1.82) is 0 Å². The van der Waals surface area contributed by atoms with Gasteiger partial charge in [-0.3, -0.25) is 0 Å². The van der Waals surface area contributed by atoms with Crippen LogP contribution in [0.1, 0.15) is 64.0 Å². The van der Waals surface area contributed by atoms with Crippen LogP contribution >= 0.6 is 0 Å². The van der Waals surface area contributed by atoms with Crippen LogP contribution in [-0.2, 0) is 20.2 Å². The summed E-state index contributed by atoms with van der Waals surface area (Å²) < 4.78 is 3.67. The predicted molar refractivity (Wildman–Crippen MR) is 71.9 cm³/mol. The minimum absolute atomic E-state index is 0. The van der Waals surface area contributed by atoms with E-state index in [2.05, 4.69) is 12.1 Å². The molecule has 5 heteroatoms. The Balaban J connectivity index is 0.00000324. The van der Waals surface area contributed by atoms with Crippen LogP contribution in [0.5, 0.6) is 0 Å². The molecule has 0 bridgehead atoms. The molecule has 0 saturated carbocycles. The maximum atomic E-state index is 9.07. The molecule has 0 fully saturated rings. The molecule has 1 heterocycles. The molecular weight excluding hydrogens is 353 g/mol. The lowest BCUT2D eigenvalue weighted by molar-refractivity contribution is -0.755. The Labute approximate surface area is 134 Å². The molecule has 19 heavy (non-hydrogen) atoms. The van der Waals surface area contributed by atoms with E-state index in [1.54, 1.807) is 4.68 Å². The van der Waals surface area contributed by atoms with Crippen molar-refractivity contribution in [2.24, 2.45) is 7.05 Å². The summed E-state index contributed by atoms with van der Waals surface area (Å²) in [7, 11) is 1.87. The van der Waals surface area contributed by atoms with Gasteiger partial charge >= 0.3 is 0 Å². The van der Waals surface area contributed by atoms with Crippen molar-refractivity contribution in [3.05, 3.63) is 11.9 Å². The van der Waals surface area contributed by atoms with Crippen molar-refractivity contribution in [2.75, 3.05) is 0 Å². The minimum atomic E-state index is 0. The number of rotatable bonds is 10. The number of nitrogens with zero attached hydrogens (tertiary/aromatic N) is 3. The van der Waals surface area contributed by atoms with Crippen LogP contribution in [-0.4, -0.2) is 15.0 Å². The molecule has 0 atom stereocenters. The number of aryl methyl sites for hydroxylation is 2. The van der Waals surface area contributed by atoms with E-state index in [4.69, 9.17) is 5.11 Å². The summed E-state index contributed by atoms with van der Waals surface area (Å²) in [5, 5.41) is 13.4. The van der Waals surface area contributed by atoms with Gasteiger partial charge in [-0.05, 0) is 12.8 Å². The standard InChI is InChI=1S/C14H28N3O.HI/c1-3-4-5-6-7-8-9-10-11-17-12-14(13-18)16(2)15-17;/h12,18H,3-11,13H2,1-2H3;1H/q+1;/p-1.